The van der Waals surface area contributed by atoms with Crippen molar-refractivity contribution in [2.24, 2.45) is 10.9 Å². The fraction of sp³-hybridized carbons (Fsp3) is 0.750. The van der Waals surface area contributed by atoms with Crippen LogP contribution in [0.3, 0.4) is 0 Å². The third-order valence-corrected chi connectivity index (χ3v) is 3.47. The van der Waals surface area contributed by atoms with Crippen LogP contribution in [-0.2, 0) is 10.2 Å². The van der Waals surface area contributed by atoms with Crippen molar-refractivity contribution in [2.75, 3.05) is 31.7 Å². The standard InChI is InChI=1S/C12H23N5O2S/c1-12(2,3)10-14-11(20-16-10)17(7-8-19-4)6-5-9(13)15-18/h18H,5-8H2,1-4H3,(H2,13,15). The Morgan fingerprint density at radius 1 is 1.45 bits per heavy atom. The van der Waals surface area contributed by atoms with E-state index in [4.69, 9.17) is 15.7 Å². The number of aromatic nitrogens is 2. The summed E-state index contributed by atoms with van der Waals surface area (Å²) in [4.78, 5) is 6.61. The lowest BCUT2D eigenvalue weighted by molar-refractivity contribution is 0.205. The first-order chi connectivity index (χ1) is 9.38. The number of nitrogens with two attached hydrogens (primary N) is 1. The second kappa shape index (κ2) is 7.39. The number of rotatable bonds is 7. The Morgan fingerprint density at radius 2 is 2.15 bits per heavy atom. The molecule has 0 fully saturated rings. The van der Waals surface area contributed by atoms with Crippen molar-refractivity contribution in [2.45, 2.75) is 32.6 Å². The maximum Gasteiger partial charge on any atom is 0.205 e. The van der Waals surface area contributed by atoms with Crippen molar-refractivity contribution in [3.8, 4) is 0 Å². The second-order valence-corrected chi connectivity index (χ2v) is 6.20. The second-order valence-electron chi connectivity index (χ2n) is 5.47. The Kier molecular flexibility index (Phi) is 6.15. The molecule has 1 aromatic rings. The van der Waals surface area contributed by atoms with Gasteiger partial charge in [-0.2, -0.15) is 4.37 Å². The molecule has 0 amide bonds. The van der Waals surface area contributed by atoms with E-state index in [1.165, 1.54) is 11.5 Å². The first-order valence-electron chi connectivity index (χ1n) is 6.43. The molecule has 20 heavy (non-hydrogen) atoms. The predicted molar refractivity (Wildman–Crippen MR) is 80.7 cm³/mol. The van der Waals surface area contributed by atoms with E-state index in [0.717, 1.165) is 11.0 Å². The van der Waals surface area contributed by atoms with Gasteiger partial charge >= 0.3 is 0 Å². The zero-order chi connectivity index (χ0) is 15.2. The highest BCUT2D eigenvalue weighted by Gasteiger charge is 2.21. The van der Waals surface area contributed by atoms with Crippen LogP contribution in [0.15, 0.2) is 5.16 Å². The number of methoxy groups -OCH3 is 1. The highest BCUT2D eigenvalue weighted by Crippen LogP contribution is 2.25. The van der Waals surface area contributed by atoms with Crippen molar-refractivity contribution >= 4 is 22.5 Å². The first-order valence-corrected chi connectivity index (χ1v) is 7.20. The van der Waals surface area contributed by atoms with Crippen molar-refractivity contribution in [3.05, 3.63) is 5.82 Å². The van der Waals surface area contributed by atoms with Gasteiger partial charge in [-0.25, -0.2) is 4.98 Å². The molecule has 1 rings (SSSR count). The smallest absolute Gasteiger partial charge is 0.205 e. The summed E-state index contributed by atoms with van der Waals surface area (Å²) in [7, 11) is 1.66. The molecule has 0 aliphatic carbocycles. The van der Waals surface area contributed by atoms with E-state index in [2.05, 4.69) is 35.3 Å². The molecule has 0 aromatic carbocycles. The monoisotopic (exact) mass is 301 g/mol. The SMILES string of the molecule is COCCN(CCC(N)=NO)c1nc(C(C)(C)C)ns1. The van der Waals surface area contributed by atoms with E-state index in [-0.39, 0.29) is 11.3 Å². The molecule has 0 bridgehead atoms. The van der Waals surface area contributed by atoms with Gasteiger partial charge < -0.3 is 20.6 Å². The fourth-order valence-electron chi connectivity index (χ4n) is 1.45. The van der Waals surface area contributed by atoms with Crippen LogP contribution in [0.2, 0.25) is 0 Å². The average molecular weight is 301 g/mol. The summed E-state index contributed by atoms with van der Waals surface area (Å²) in [6, 6.07) is 0. The molecule has 0 aliphatic rings. The van der Waals surface area contributed by atoms with Crippen LogP contribution in [0.25, 0.3) is 0 Å². The molecule has 0 saturated heterocycles. The lowest BCUT2D eigenvalue weighted by atomic mass is 9.96. The van der Waals surface area contributed by atoms with Gasteiger partial charge in [0.25, 0.3) is 0 Å². The maximum absolute atomic E-state index is 8.60. The maximum atomic E-state index is 8.60. The van der Waals surface area contributed by atoms with E-state index in [1.54, 1.807) is 7.11 Å². The van der Waals surface area contributed by atoms with Crippen molar-refractivity contribution in [1.82, 2.24) is 9.36 Å². The summed E-state index contributed by atoms with van der Waals surface area (Å²) in [5.74, 6) is 1.02. The molecule has 114 valence electrons. The Morgan fingerprint density at radius 3 is 2.65 bits per heavy atom. The van der Waals surface area contributed by atoms with Crippen molar-refractivity contribution in [1.29, 1.82) is 0 Å². The highest BCUT2D eigenvalue weighted by molar-refractivity contribution is 7.09. The summed E-state index contributed by atoms with van der Waals surface area (Å²) < 4.78 is 9.51. The van der Waals surface area contributed by atoms with Gasteiger partial charge in [0.15, 0.2) is 0 Å². The molecule has 0 atom stereocenters. The number of ether oxygens (including phenoxy) is 1. The number of hydrogen-bond donors (Lipinski definition) is 2. The van der Waals surface area contributed by atoms with Crippen molar-refractivity contribution in [3.63, 3.8) is 0 Å². The predicted octanol–water partition coefficient (Wildman–Crippen LogP) is 1.42. The van der Waals surface area contributed by atoms with Gasteiger partial charge in [0.2, 0.25) is 5.13 Å². The zero-order valence-corrected chi connectivity index (χ0v) is 13.3. The minimum Gasteiger partial charge on any atom is -0.409 e. The zero-order valence-electron chi connectivity index (χ0n) is 12.5. The molecule has 3 N–H and O–H groups in total. The van der Waals surface area contributed by atoms with E-state index >= 15 is 0 Å². The van der Waals surface area contributed by atoms with Crippen LogP contribution in [-0.4, -0.2) is 47.2 Å². The molecule has 1 aromatic heterocycles. The molecule has 0 saturated carbocycles. The lowest BCUT2D eigenvalue weighted by Crippen LogP contribution is -2.31. The summed E-state index contributed by atoms with van der Waals surface area (Å²) in [5, 5.41) is 12.4. The van der Waals surface area contributed by atoms with E-state index in [9.17, 15) is 0 Å². The first kappa shape index (κ1) is 16.6. The summed E-state index contributed by atoms with van der Waals surface area (Å²) in [6.45, 7) is 8.12. The molecule has 0 radical (unpaired) electrons. The van der Waals surface area contributed by atoms with Gasteiger partial charge in [-0.15, -0.1) is 0 Å². The Labute approximate surface area is 123 Å². The van der Waals surface area contributed by atoms with Crippen LogP contribution >= 0.6 is 11.5 Å². The van der Waals surface area contributed by atoms with Gasteiger partial charge in [0.1, 0.15) is 11.7 Å². The van der Waals surface area contributed by atoms with Gasteiger partial charge in [-0.1, -0.05) is 25.9 Å². The third kappa shape index (κ3) is 4.93. The van der Waals surface area contributed by atoms with Gasteiger partial charge in [-0.3, -0.25) is 0 Å². The fourth-order valence-corrected chi connectivity index (χ4v) is 2.36. The van der Waals surface area contributed by atoms with Gasteiger partial charge in [0, 0.05) is 43.6 Å². The molecule has 1 heterocycles. The molecule has 0 aliphatic heterocycles. The third-order valence-electron chi connectivity index (χ3n) is 2.69. The molecule has 0 spiro atoms. The molecule has 7 nitrogen and oxygen atoms in total. The quantitative estimate of drug-likeness (QED) is 0.342. The number of nitrogens with zero attached hydrogens (tertiary/aromatic N) is 4. The highest BCUT2D eigenvalue weighted by atomic mass is 32.1. The topological polar surface area (TPSA) is 96.9 Å². The Hall–Kier alpha value is -1.41. The van der Waals surface area contributed by atoms with Gasteiger partial charge in [-0.05, 0) is 0 Å². The Bertz CT molecular complexity index is 441. The minimum absolute atomic E-state index is 0.0761. The van der Waals surface area contributed by atoms with E-state index in [1.807, 2.05) is 4.90 Å². The summed E-state index contributed by atoms with van der Waals surface area (Å²) in [5.41, 5.74) is 5.44. The van der Waals surface area contributed by atoms with Crippen molar-refractivity contribution < 1.29 is 9.94 Å². The van der Waals surface area contributed by atoms with Crippen LogP contribution in [0.5, 0.6) is 0 Å². The van der Waals surface area contributed by atoms with Crippen LogP contribution in [0, 0.1) is 0 Å². The molecular formula is C12H23N5O2S. The summed E-state index contributed by atoms with van der Waals surface area (Å²) >= 11 is 1.36. The van der Waals surface area contributed by atoms with Gasteiger partial charge in [0.05, 0.1) is 6.61 Å². The van der Waals surface area contributed by atoms with Crippen LogP contribution in [0.4, 0.5) is 5.13 Å². The lowest BCUT2D eigenvalue weighted by Gasteiger charge is -2.20. The van der Waals surface area contributed by atoms with Crippen LogP contribution in [0.1, 0.15) is 33.0 Å². The van der Waals surface area contributed by atoms with Crippen LogP contribution < -0.4 is 10.6 Å². The normalized spacial score (nSPS) is 12.7. The van der Waals surface area contributed by atoms with E-state index in [0.29, 0.717) is 26.1 Å². The molecular weight excluding hydrogens is 278 g/mol. The number of hydrogen-bond acceptors (Lipinski definition) is 7. The number of oxime groups is 1. The summed E-state index contributed by atoms with van der Waals surface area (Å²) in [6.07, 6.45) is 0.463. The average Bonchev–Trinajstić information content (AvgIpc) is 2.88. The number of amidine groups is 1. The van der Waals surface area contributed by atoms with E-state index < -0.39 is 0 Å². The molecule has 8 heteroatoms. The minimum atomic E-state index is -0.0761. The molecule has 0 unspecified atom stereocenters. The Balaban J connectivity index is 2.79. The largest absolute Gasteiger partial charge is 0.409 e. The number of anilines is 1.